The summed E-state index contributed by atoms with van der Waals surface area (Å²) in [5.41, 5.74) is 1.82. The van der Waals surface area contributed by atoms with E-state index in [4.69, 9.17) is 0 Å². The lowest BCUT2D eigenvalue weighted by molar-refractivity contribution is -0.113. The molecule has 1 aliphatic rings. The Morgan fingerprint density at radius 3 is 2.10 bits per heavy atom. The number of ketones is 1. The number of carbonyl (C=O) groups excluding carboxylic acids is 1. The molecule has 0 aliphatic heterocycles. The zero-order valence-electron chi connectivity index (χ0n) is 13.3. The maximum absolute atomic E-state index is 12.5. The summed E-state index contributed by atoms with van der Waals surface area (Å²) in [5.74, 6) is 0.528. The summed E-state index contributed by atoms with van der Waals surface area (Å²) in [5, 5.41) is 0. The van der Waals surface area contributed by atoms with Crippen LogP contribution in [0.5, 0.6) is 0 Å². The van der Waals surface area contributed by atoms with Crippen molar-refractivity contribution in [3.63, 3.8) is 0 Å². The van der Waals surface area contributed by atoms with Gasteiger partial charge in [-0.15, -0.1) is 0 Å². The highest BCUT2D eigenvalue weighted by atomic mass is 16.1. The van der Waals surface area contributed by atoms with E-state index in [1.807, 2.05) is 74.7 Å². The van der Waals surface area contributed by atoms with Crippen LogP contribution in [0.1, 0.15) is 19.8 Å². The molecule has 3 heteroatoms. The van der Waals surface area contributed by atoms with E-state index in [0.29, 0.717) is 5.92 Å². The molecule has 0 saturated heterocycles. The van der Waals surface area contributed by atoms with Gasteiger partial charge in [0, 0.05) is 33.8 Å². The van der Waals surface area contributed by atoms with Gasteiger partial charge >= 0.3 is 0 Å². The second-order valence-electron chi connectivity index (χ2n) is 5.69. The lowest BCUT2D eigenvalue weighted by Gasteiger charge is -2.22. The topological polar surface area (TPSA) is 23.6 Å². The Bertz CT molecular complexity index is 454. The van der Waals surface area contributed by atoms with E-state index >= 15 is 0 Å². The number of Topliss-reactive ketones (excluding diaryl/α,β-unsaturated/α-hetero) is 1. The summed E-state index contributed by atoms with van der Waals surface area (Å²) >= 11 is 0. The minimum atomic E-state index is 0.190. The molecular formula is C17H26N2O. The molecule has 1 rings (SSSR count). The highest BCUT2D eigenvalue weighted by Crippen LogP contribution is 2.30. The number of hydrogen-bond donors (Lipinski definition) is 0. The van der Waals surface area contributed by atoms with Gasteiger partial charge in [-0.2, -0.15) is 0 Å². The third-order valence-electron chi connectivity index (χ3n) is 3.27. The molecule has 0 radical (unpaired) electrons. The molecule has 0 N–H and O–H groups in total. The van der Waals surface area contributed by atoms with Crippen molar-refractivity contribution in [3.05, 3.63) is 47.9 Å². The molecule has 3 nitrogen and oxygen atoms in total. The second-order valence-corrected chi connectivity index (χ2v) is 5.69. The molecule has 0 spiro atoms. The number of allylic oxidation sites excluding steroid dienone is 6. The lowest BCUT2D eigenvalue weighted by atomic mass is 9.81. The summed E-state index contributed by atoms with van der Waals surface area (Å²) < 4.78 is 0. The van der Waals surface area contributed by atoms with Gasteiger partial charge < -0.3 is 9.80 Å². The normalized spacial score (nSPS) is 24.2. The van der Waals surface area contributed by atoms with E-state index in [-0.39, 0.29) is 5.78 Å². The Morgan fingerprint density at radius 2 is 1.55 bits per heavy atom. The molecule has 0 aromatic carbocycles. The summed E-state index contributed by atoms with van der Waals surface area (Å²) in [6.45, 7) is 2.12. The van der Waals surface area contributed by atoms with Crippen molar-refractivity contribution in [3.8, 4) is 0 Å². The molecule has 0 aromatic heterocycles. The van der Waals surface area contributed by atoms with Gasteiger partial charge in [-0.3, -0.25) is 4.79 Å². The zero-order valence-corrected chi connectivity index (χ0v) is 13.3. The summed E-state index contributed by atoms with van der Waals surface area (Å²) in [7, 11) is 7.88. The van der Waals surface area contributed by atoms with Crippen molar-refractivity contribution >= 4 is 5.78 Å². The second kappa shape index (κ2) is 7.73. The van der Waals surface area contributed by atoms with Gasteiger partial charge in [-0.1, -0.05) is 19.1 Å². The van der Waals surface area contributed by atoms with Gasteiger partial charge in [0.2, 0.25) is 0 Å². The SMILES string of the molecule is CC1CC/C(=C\C=C/N(C)C)C(=O)/C1=C/C=C\N(C)C. The highest BCUT2D eigenvalue weighted by Gasteiger charge is 2.25. The number of nitrogens with zero attached hydrogens (tertiary/aromatic N) is 2. The number of rotatable bonds is 4. The van der Waals surface area contributed by atoms with E-state index in [0.717, 1.165) is 24.0 Å². The van der Waals surface area contributed by atoms with Crippen LogP contribution in [0.2, 0.25) is 0 Å². The molecule has 0 bridgehead atoms. The van der Waals surface area contributed by atoms with Gasteiger partial charge in [-0.25, -0.2) is 0 Å². The van der Waals surface area contributed by atoms with Crippen LogP contribution >= 0.6 is 0 Å². The predicted octanol–water partition coefficient (Wildman–Crippen LogP) is 2.99. The molecule has 0 heterocycles. The fourth-order valence-electron chi connectivity index (χ4n) is 2.10. The van der Waals surface area contributed by atoms with Gasteiger partial charge in [0.1, 0.15) is 0 Å². The van der Waals surface area contributed by atoms with Gasteiger partial charge in [0.25, 0.3) is 0 Å². The van der Waals surface area contributed by atoms with E-state index in [9.17, 15) is 4.79 Å². The average Bonchev–Trinajstić information content (AvgIpc) is 2.35. The van der Waals surface area contributed by atoms with Crippen molar-refractivity contribution in [2.45, 2.75) is 19.8 Å². The van der Waals surface area contributed by atoms with Crippen LogP contribution in [0, 0.1) is 5.92 Å². The van der Waals surface area contributed by atoms with E-state index in [1.54, 1.807) is 0 Å². The van der Waals surface area contributed by atoms with E-state index in [1.165, 1.54) is 0 Å². The summed E-state index contributed by atoms with van der Waals surface area (Å²) in [4.78, 5) is 16.4. The molecule has 0 aromatic rings. The van der Waals surface area contributed by atoms with Crippen molar-refractivity contribution < 1.29 is 4.79 Å². The smallest absolute Gasteiger partial charge is 0.185 e. The van der Waals surface area contributed by atoms with Crippen molar-refractivity contribution in [2.75, 3.05) is 28.2 Å². The fraction of sp³-hybridized carbons (Fsp3) is 0.471. The quantitative estimate of drug-likeness (QED) is 0.736. The molecule has 110 valence electrons. The monoisotopic (exact) mass is 274 g/mol. The number of hydrogen-bond acceptors (Lipinski definition) is 3. The minimum absolute atomic E-state index is 0.190. The third-order valence-corrected chi connectivity index (χ3v) is 3.27. The lowest BCUT2D eigenvalue weighted by Crippen LogP contribution is -2.19. The first-order valence-corrected chi connectivity index (χ1v) is 7.05. The molecule has 1 fully saturated rings. The van der Waals surface area contributed by atoms with Crippen molar-refractivity contribution in [1.29, 1.82) is 0 Å². The van der Waals surface area contributed by atoms with E-state index in [2.05, 4.69) is 6.92 Å². The Kier molecular flexibility index (Phi) is 6.29. The number of carbonyl (C=O) groups is 1. The predicted molar refractivity (Wildman–Crippen MR) is 85.2 cm³/mol. The Hall–Kier alpha value is -1.77. The molecule has 0 amide bonds. The van der Waals surface area contributed by atoms with Crippen LogP contribution in [-0.2, 0) is 4.79 Å². The zero-order chi connectivity index (χ0) is 15.1. The molecule has 1 unspecified atom stereocenters. The van der Waals surface area contributed by atoms with Gasteiger partial charge in [0.15, 0.2) is 5.78 Å². The molecule has 1 aliphatic carbocycles. The molecule has 1 atom stereocenters. The highest BCUT2D eigenvalue weighted by molar-refractivity contribution is 6.09. The van der Waals surface area contributed by atoms with Crippen LogP contribution in [0.25, 0.3) is 0 Å². The maximum atomic E-state index is 12.5. The Balaban J connectivity index is 2.87. The van der Waals surface area contributed by atoms with Gasteiger partial charge in [-0.05, 0) is 48.9 Å². The Morgan fingerprint density at radius 1 is 1.00 bits per heavy atom. The fourth-order valence-corrected chi connectivity index (χ4v) is 2.10. The van der Waals surface area contributed by atoms with Crippen LogP contribution < -0.4 is 0 Å². The largest absolute Gasteiger partial charge is 0.383 e. The summed E-state index contributed by atoms with van der Waals surface area (Å²) in [6, 6.07) is 0. The Labute approximate surface area is 122 Å². The van der Waals surface area contributed by atoms with Crippen molar-refractivity contribution in [2.24, 2.45) is 5.92 Å². The molecule has 1 saturated carbocycles. The van der Waals surface area contributed by atoms with Gasteiger partial charge in [0.05, 0.1) is 0 Å². The standard InChI is InChI=1S/C17H26N2O/c1-14-10-11-15(8-6-12-18(2)3)17(20)16(14)9-7-13-19(4)5/h6-9,12-14H,10-11H2,1-5H3/b12-6-,13-7-,15-8+,16-9+. The molecule has 20 heavy (non-hydrogen) atoms. The first kappa shape index (κ1) is 16.3. The third kappa shape index (κ3) is 5.08. The van der Waals surface area contributed by atoms with Crippen LogP contribution in [0.3, 0.4) is 0 Å². The molecular weight excluding hydrogens is 248 g/mol. The van der Waals surface area contributed by atoms with Crippen LogP contribution in [0.15, 0.2) is 47.9 Å². The van der Waals surface area contributed by atoms with Crippen LogP contribution in [0.4, 0.5) is 0 Å². The average molecular weight is 274 g/mol. The first-order chi connectivity index (χ1) is 9.41. The van der Waals surface area contributed by atoms with Crippen molar-refractivity contribution in [1.82, 2.24) is 9.80 Å². The van der Waals surface area contributed by atoms with Crippen LogP contribution in [-0.4, -0.2) is 43.8 Å². The van der Waals surface area contributed by atoms with E-state index < -0.39 is 0 Å². The summed E-state index contributed by atoms with van der Waals surface area (Å²) in [6.07, 6.45) is 13.6. The first-order valence-electron chi connectivity index (χ1n) is 7.05. The maximum Gasteiger partial charge on any atom is 0.185 e. The minimum Gasteiger partial charge on any atom is -0.383 e.